The van der Waals surface area contributed by atoms with Gasteiger partial charge in [-0.3, -0.25) is 0 Å². The summed E-state index contributed by atoms with van der Waals surface area (Å²) in [5.41, 5.74) is -0.125. The lowest BCUT2D eigenvalue weighted by atomic mass is 9.91. The summed E-state index contributed by atoms with van der Waals surface area (Å²) in [6, 6.07) is 2.72. The van der Waals surface area contributed by atoms with Gasteiger partial charge in [-0.25, -0.2) is 19.2 Å². The van der Waals surface area contributed by atoms with Crippen molar-refractivity contribution >= 4 is 66.5 Å². The number of halogens is 2. The van der Waals surface area contributed by atoms with E-state index in [9.17, 15) is 19.2 Å². The normalized spacial score (nSPS) is 10.6. The zero-order chi connectivity index (χ0) is 24.0. The lowest BCUT2D eigenvalue weighted by Gasteiger charge is -2.19. The number of carbonyl (C=O) groups is 4. The van der Waals surface area contributed by atoms with E-state index in [1.807, 2.05) is 0 Å². The van der Waals surface area contributed by atoms with Gasteiger partial charge in [-0.15, -0.1) is 0 Å². The predicted molar refractivity (Wildman–Crippen MR) is 123 cm³/mol. The third-order valence-electron chi connectivity index (χ3n) is 4.26. The summed E-state index contributed by atoms with van der Waals surface area (Å²) in [7, 11) is 0. The zero-order valence-electron chi connectivity index (χ0n) is 18.0. The maximum absolute atomic E-state index is 12.9. The minimum Gasteiger partial charge on any atom is -0.462 e. The van der Waals surface area contributed by atoms with Crippen molar-refractivity contribution in [3.63, 3.8) is 0 Å². The van der Waals surface area contributed by atoms with Crippen LogP contribution in [0.3, 0.4) is 0 Å². The molecule has 8 nitrogen and oxygen atoms in total. The van der Waals surface area contributed by atoms with Crippen molar-refractivity contribution in [1.29, 1.82) is 0 Å². The van der Waals surface area contributed by atoms with Crippen molar-refractivity contribution in [2.24, 2.45) is 0 Å². The lowest BCUT2D eigenvalue weighted by molar-refractivity contribution is 0.0504. The fraction of sp³-hybridized carbons (Fsp3) is 0.364. The molecule has 32 heavy (non-hydrogen) atoms. The molecule has 2 aromatic rings. The van der Waals surface area contributed by atoms with Crippen LogP contribution in [0.2, 0.25) is 0 Å². The first kappa shape index (κ1) is 25.8. The molecular weight excluding hydrogens is 552 g/mol. The average molecular weight is 574 g/mol. The minimum atomic E-state index is -0.748. The fourth-order valence-corrected chi connectivity index (χ4v) is 4.29. The molecule has 0 saturated carbocycles. The average Bonchev–Trinajstić information content (AvgIpc) is 2.73. The second-order valence-corrected chi connectivity index (χ2v) is 7.90. The standard InChI is InChI=1S/C22H22Br2O8/c1-5-29-19(25)11-9-13(23)18(22(28)32-8-4)16-12(20(26)30-6-2)10-14(24)17(15(11)16)21(27)31-7-3/h9-10H,5-8H2,1-4H3. The maximum atomic E-state index is 12.9. The maximum Gasteiger partial charge on any atom is 0.339 e. The van der Waals surface area contributed by atoms with E-state index < -0.39 is 23.9 Å². The van der Waals surface area contributed by atoms with Crippen LogP contribution in [0.4, 0.5) is 0 Å². The van der Waals surface area contributed by atoms with Gasteiger partial charge in [0.05, 0.1) is 48.7 Å². The Balaban J connectivity index is 3.17. The quantitative estimate of drug-likeness (QED) is 0.318. The van der Waals surface area contributed by atoms with Crippen molar-refractivity contribution in [2.45, 2.75) is 27.7 Å². The molecule has 2 aromatic carbocycles. The Labute approximate surface area is 201 Å². The Morgan fingerprint density at radius 2 is 0.875 bits per heavy atom. The molecular formula is C22H22Br2O8. The Morgan fingerprint density at radius 1 is 0.594 bits per heavy atom. The summed E-state index contributed by atoms with van der Waals surface area (Å²) in [4.78, 5) is 51.4. The number of ether oxygens (including phenoxy) is 4. The third kappa shape index (κ3) is 5.12. The van der Waals surface area contributed by atoms with Gasteiger partial charge in [-0.2, -0.15) is 0 Å². The highest BCUT2D eigenvalue weighted by atomic mass is 79.9. The number of esters is 4. The molecule has 172 valence electrons. The van der Waals surface area contributed by atoms with Crippen LogP contribution in [0.1, 0.15) is 69.1 Å². The topological polar surface area (TPSA) is 105 Å². The van der Waals surface area contributed by atoms with Crippen LogP contribution < -0.4 is 0 Å². The number of benzene rings is 2. The first-order valence-electron chi connectivity index (χ1n) is 9.90. The van der Waals surface area contributed by atoms with E-state index in [1.54, 1.807) is 27.7 Å². The molecule has 0 N–H and O–H groups in total. The summed E-state index contributed by atoms with van der Waals surface area (Å²) >= 11 is 6.61. The number of hydrogen-bond acceptors (Lipinski definition) is 8. The summed E-state index contributed by atoms with van der Waals surface area (Å²) in [6.07, 6.45) is 0. The molecule has 0 aromatic heterocycles. The summed E-state index contributed by atoms with van der Waals surface area (Å²) < 4.78 is 21.0. The molecule has 0 heterocycles. The number of hydrogen-bond donors (Lipinski definition) is 0. The lowest BCUT2D eigenvalue weighted by Crippen LogP contribution is -2.17. The number of carbonyl (C=O) groups excluding carboxylic acids is 4. The van der Waals surface area contributed by atoms with E-state index in [2.05, 4.69) is 31.9 Å². The van der Waals surface area contributed by atoms with Crippen LogP contribution in [-0.2, 0) is 18.9 Å². The molecule has 2 rings (SSSR count). The molecule has 0 aliphatic heterocycles. The molecule has 0 atom stereocenters. The highest BCUT2D eigenvalue weighted by Gasteiger charge is 2.31. The van der Waals surface area contributed by atoms with Crippen LogP contribution in [-0.4, -0.2) is 50.3 Å². The Hall–Kier alpha value is -2.46. The number of rotatable bonds is 8. The van der Waals surface area contributed by atoms with Gasteiger partial charge in [0.2, 0.25) is 0 Å². The molecule has 0 aliphatic carbocycles. The van der Waals surface area contributed by atoms with Gasteiger partial charge >= 0.3 is 23.9 Å². The van der Waals surface area contributed by atoms with Gasteiger partial charge in [-0.05, 0) is 71.7 Å². The second-order valence-electron chi connectivity index (χ2n) is 6.19. The molecule has 0 aliphatic rings. The molecule has 0 bridgehead atoms. The predicted octanol–water partition coefficient (Wildman–Crippen LogP) is 5.07. The highest BCUT2D eigenvalue weighted by molar-refractivity contribution is 9.10. The van der Waals surface area contributed by atoms with Crippen molar-refractivity contribution in [3.8, 4) is 0 Å². The van der Waals surface area contributed by atoms with Crippen molar-refractivity contribution in [2.75, 3.05) is 26.4 Å². The third-order valence-corrected chi connectivity index (χ3v) is 5.51. The van der Waals surface area contributed by atoms with Gasteiger partial charge in [0.15, 0.2) is 0 Å². The van der Waals surface area contributed by atoms with E-state index >= 15 is 0 Å². The van der Waals surface area contributed by atoms with Crippen molar-refractivity contribution in [1.82, 2.24) is 0 Å². The van der Waals surface area contributed by atoms with E-state index in [1.165, 1.54) is 12.1 Å². The largest absolute Gasteiger partial charge is 0.462 e. The highest BCUT2D eigenvalue weighted by Crippen LogP contribution is 2.39. The first-order chi connectivity index (χ1) is 15.2. The monoisotopic (exact) mass is 572 g/mol. The Morgan fingerprint density at radius 3 is 1.16 bits per heavy atom. The molecule has 0 spiro atoms. The van der Waals surface area contributed by atoms with E-state index in [-0.39, 0.29) is 68.4 Å². The van der Waals surface area contributed by atoms with Crippen molar-refractivity contribution < 1.29 is 38.1 Å². The van der Waals surface area contributed by atoms with Crippen LogP contribution in [0.5, 0.6) is 0 Å². The van der Waals surface area contributed by atoms with Gasteiger partial charge in [0, 0.05) is 19.7 Å². The summed E-state index contributed by atoms with van der Waals surface area (Å²) in [5, 5.41) is 0.0381. The van der Waals surface area contributed by atoms with Crippen LogP contribution in [0, 0.1) is 0 Å². The van der Waals surface area contributed by atoms with Crippen LogP contribution >= 0.6 is 31.9 Å². The van der Waals surface area contributed by atoms with Gasteiger partial charge < -0.3 is 18.9 Å². The van der Waals surface area contributed by atoms with Crippen LogP contribution in [0.25, 0.3) is 10.8 Å². The Kier molecular flexibility index (Phi) is 9.21. The van der Waals surface area contributed by atoms with Crippen molar-refractivity contribution in [3.05, 3.63) is 43.3 Å². The smallest absolute Gasteiger partial charge is 0.339 e. The SMILES string of the molecule is CCOC(=O)c1cc(Br)c(C(=O)OCC)c2c(C(=O)OCC)cc(Br)c(C(=O)OCC)c12. The minimum absolute atomic E-state index is 0.0191. The fourth-order valence-electron chi connectivity index (χ4n) is 3.11. The summed E-state index contributed by atoms with van der Waals surface area (Å²) in [6.45, 7) is 6.82. The molecule has 0 amide bonds. The second kappa shape index (κ2) is 11.4. The van der Waals surface area contributed by atoms with E-state index in [0.717, 1.165) is 0 Å². The van der Waals surface area contributed by atoms with E-state index in [4.69, 9.17) is 18.9 Å². The molecule has 0 fully saturated rings. The number of fused-ring (bicyclic) bond motifs is 1. The van der Waals surface area contributed by atoms with Gasteiger partial charge in [0.1, 0.15) is 0 Å². The van der Waals surface area contributed by atoms with Gasteiger partial charge in [0.25, 0.3) is 0 Å². The molecule has 0 saturated heterocycles. The zero-order valence-corrected chi connectivity index (χ0v) is 21.2. The summed E-state index contributed by atoms with van der Waals surface area (Å²) in [5.74, 6) is -2.98. The van der Waals surface area contributed by atoms with Crippen LogP contribution in [0.15, 0.2) is 21.1 Å². The first-order valence-corrected chi connectivity index (χ1v) is 11.5. The molecule has 0 radical (unpaired) electrons. The Bertz CT molecular complexity index is 993. The molecule has 0 unspecified atom stereocenters. The molecule has 10 heteroatoms. The van der Waals surface area contributed by atoms with Gasteiger partial charge in [-0.1, -0.05) is 0 Å². The van der Waals surface area contributed by atoms with E-state index in [0.29, 0.717) is 0 Å².